The van der Waals surface area contributed by atoms with Crippen molar-refractivity contribution in [2.45, 2.75) is 10.8 Å². The normalized spacial score (nSPS) is 11.6. The van der Waals surface area contributed by atoms with E-state index in [4.69, 9.17) is 23.2 Å². The van der Waals surface area contributed by atoms with Gasteiger partial charge in [0.1, 0.15) is 4.21 Å². The van der Waals surface area contributed by atoms with Gasteiger partial charge in [-0.05, 0) is 45.8 Å². The molecule has 0 amide bonds. The van der Waals surface area contributed by atoms with Crippen LogP contribution in [0.4, 0.5) is 5.82 Å². The lowest BCUT2D eigenvalue weighted by molar-refractivity contribution is 0.602. The Balaban J connectivity index is 1.74. The van der Waals surface area contributed by atoms with Gasteiger partial charge in [0, 0.05) is 12.3 Å². The number of anilines is 1. The molecule has 0 fully saturated rings. The largest absolute Gasteiger partial charge is 0.272 e. The summed E-state index contributed by atoms with van der Waals surface area (Å²) >= 11 is 16.3. The Morgan fingerprint density at radius 3 is 2.62 bits per heavy atom. The highest BCUT2D eigenvalue weighted by atomic mass is 79.9. The first-order chi connectivity index (χ1) is 11.3. The summed E-state index contributed by atoms with van der Waals surface area (Å²) in [5, 5.41) is 5.16. The molecular formula is C14H10BrCl2N3O2S2. The van der Waals surface area contributed by atoms with Gasteiger partial charge >= 0.3 is 0 Å². The zero-order valence-corrected chi connectivity index (χ0v) is 16.6. The first-order valence-corrected chi connectivity index (χ1v) is 10.4. The molecule has 0 bridgehead atoms. The van der Waals surface area contributed by atoms with E-state index < -0.39 is 10.0 Å². The van der Waals surface area contributed by atoms with Gasteiger partial charge in [-0.25, -0.2) is 8.42 Å². The monoisotopic (exact) mass is 465 g/mol. The summed E-state index contributed by atoms with van der Waals surface area (Å²) in [4.78, 5) is 0. The molecule has 5 nitrogen and oxygen atoms in total. The molecular weight excluding hydrogens is 457 g/mol. The Hall–Kier alpha value is -1.06. The van der Waals surface area contributed by atoms with Crippen LogP contribution in [-0.4, -0.2) is 18.2 Å². The summed E-state index contributed by atoms with van der Waals surface area (Å²) in [5.41, 5.74) is 0.907. The minimum atomic E-state index is -3.64. The molecule has 0 saturated heterocycles. The van der Waals surface area contributed by atoms with E-state index in [9.17, 15) is 8.42 Å². The zero-order valence-electron chi connectivity index (χ0n) is 11.9. The molecule has 0 radical (unpaired) electrons. The maximum Gasteiger partial charge on any atom is 0.272 e. The predicted octanol–water partition coefficient (Wildman–Crippen LogP) is 4.86. The first-order valence-electron chi connectivity index (χ1n) is 6.59. The van der Waals surface area contributed by atoms with Crippen LogP contribution in [0.5, 0.6) is 0 Å². The number of aromatic nitrogens is 2. The van der Waals surface area contributed by atoms with Gasteiger partial charge in [-0.15, -0.1) is 11.3 Å². The number of nitrogens with one attached hydrogen (secondary N) is 1. The van der Waals surface area contributed by atoms with E-state index in [2.05, 4.69) is 25.8 Å². The van der Waals surface area contributed by atoms with E-state index in [0.717, 1.165) is 20.7 Å². The van der Waals surface area contributed by atoms with Crippen LogP contribution in [0.15, 0.2) is 50.6 Å². The topological polar surface area (TPSA) is 64.0 Å². The van der Waals surface area contributed by atoms with Gasteiger partial charge in [-0.3, -0.25) is 9.40 Å². The number of halogens is 3. The van der Waals surface area contributed by atoms with Gasteiger partial charge in [-0.1, -0.05) is 29.3 Å². The molecule has 0 aliphatic rings. The van der Waals surface area contributed by atoms with Crippen molar-refractivity contribution >= 4 is 66.3 Å². The fourth-order valence-electron chi connectivity index (χ4n) is 1.96. The molecule has 0 unspecified atom stereocenters. The Kier molecular flexibility index (Phi) is 5.22. The molecule has 2 aromatic heterocycles. The summed E-state index contributed by atoms with van der Waals surface area (Å²) in [6, 6.07) is 10.1. The second kappa shape index (κ2) is 7.05. The maximum absolute atomic E-state index is 12.3. The van der Waals surface area contributed by atoms with Crippen molar-refractivity contribution in [1.29, 1.82) is 0 Å². The van der Waals surface area contributed by atoms with Crippen LogP contribution in [0.3, 0.4) is 0 Å². The van der Waals surface area contributed by atoms with Crippen molar-refractivity contribution in [3.63, 3.8) is 0 Å². The molecule has 1 aromatic carbocycles. The first kappa shape index (κ1) is 17.8. The third-order valence-corrected chi connectivity index (χ3v) is 7.23. The predicted molar refractivity (Wildman–Crippen MR) is 101 cm³/mol. The zero-order chi connectivity index (χ0) is 17.3. The molecule has 0 saturated carbocycles. The standard InChI is InChI=1S/C14H10BrCl2N3O2S2/c15-12-3-4-14(23-12)24(21,22)19-13-5-6-20(18-13)8-9-1-2-10(16)11(17)7-9/h1-7H,8H2,(H,18,19). The number of sulfonamides is 1. The highest BCUT2D eigenvalue weighted by Gasteiger charge is 2.17. The van der Waals surface area contributed by atoms with E-state index in [-0.39, 0.29) is 10.0 Å². The summed E-state index contributed by atoms with van der Waals surface area (Å²) in [6.07, 6.45) is 1.69. The van der Waals surface area contributed by atoms with Crippen molar-refractivity contribution in [1.82, 2.24) is 9.78 Å². The summed E-state index contributed by atoms with van der Waals surface area (Å²) in [6.45, 7) is 0.448. The lowest BCUT2D eigenvalue weighted by atomic mass is 10.2. The average Bonchev–Trinajstić information content (AvgIpc) is 3.12. The average molecular weight is 467 g/mol. The van der Waals surface area contributed by atoms with Crippen LogP contribution in [0.25, 0.3) is 0 Å². The van der Waals surface area contributed by atoms with E-state index in [1.165, 1.54) is 6.07 Å². The van der Waals surface area contributed by atoms with Crippen molar-refractivity contribution in [2.24, 2.45) is 0 Å². The molecule has 3 rings (SSSR count). The van der Waals surface area contributed by atoms with Crippen LogP contribution in [0, 0.1) is 0 Å². The van der Waals surface area contributed by atoms with Crippen LogP contribution in [0.2, 0.25) is 10.0 Å². The summed E-state index contributed by atoms with van der Waals surface area (Å²) in [7, 11) is -3.64. The molecule has 24 heavy (non-hydrogen) atoms. The lowest BCUT2D eigenvalue weighted by Crippen LogP contribution is -2.12. The SMILES string of the molecule is O=S(=O)(Nc1ccn(Cc2ccc(Cl)c(Cl)c2)n1)c1ccc(Br)s1. The quantitative estimate of drug-likeness (QED) is 0.583. The fourth-order valence-corrected chi connectivity index (χ4v) is 5.29. The second-order valence-electron chi connectivity index (χ2n) is 4.81. The Bertz CT molecular complexity index is 986. The van der Waals surface area contributed by atoms with Crippen molar-refractivity contribution in [3.8, 4) is 0 Å². The third-order valence-electron chi connectivity index (χ3n) is 3.02. The van der Waals surface area contributed by atoms with Crippen molar-refractivity contribution < 1.29 is 8.42 Å². The highest BCUT2D eigenvalue weighted by Crippen LogP contribution is 2.27. The Morgan fingerprint density at radius 2 is 1.96 bits per heavy atom. The van der Waals surface area contributed by atoms with Crippen LogP contribution >= 0.6 is 50.5 Å². The molecule has 126 valence electrons. The number of benzene rings is 1. The van der Waals surface area contributed by atoms with Crippen molar-refractivity contribution in [2.75, 3.05) is 4.72 Å². The molecule has 2 heterocycles. The third kappa shape index (κ3) is 4.12. The lowest BCUT2D eigenvalue weighted by Gasteiger charge is -2.05. The van der Waals surface area contributed by atoms with Gasteiger partial charge in [0.15, 0.2) is 5.82 Å². The van der Waals surface area contributed by atoms with E-state index in [0.29, 0.717) is 16.6 Å². The van der Waals surface area contributed by atoms with Gasteiger partial charge in [0.25, 0.3) is 10.0 Å². The molecule has 1 N–H and O–H groups in total. The summed E-state index contributed by atoms with van der Waals surface area (Å²) < 4.78 is 29.6. The molecule has 3 aromatic rings. The Labute approximate surface area is 161 Å². The van der Waals surface area contributed by atoms with E-state index >= 15 is 0 Å². The van der Waals surface area contributed by atoms with Crippen LogP contribution in [-0.2, 0) is 16.6 Å². The van der Waals surface area contributed by atoms with E-state index in [1.54, 1.807) is 35.1 Å². The van der Waals surface area contributed by atoms with Gasteiger partial charge in [0.05, 0.1) is 20.4 Å². The van der Waals surface area contributed by atoms with Gasteiger partial charge in [-0.2, -0.15) is 5.10 Å². The van der Waals surface area contributed by atoms with Crippen LogP contribution in [0.1, 0.15) is 5.56 Å². The molecule has 0 atom stereocenters. The number of rotatable bonds is 5. The maximum atomic E-state index is 12.3. The highest BCUT2D eigenvalue weighted by molar-refractivity contribution is 9.11. The van der Waals surface area contributed by atoms with Crippen molar-refractivity contribution in [3.05, 3.63) is 62.0 Å². The number of nitrogens with zero attached hydrogens (tertiary/aromatic N) is 2. The second-order valence-corrected chi connectivity index (χ2v) is 10.00. The van der Waals surface area contributed by atoms with Gasteiger partial charge in [0.2, 0.25) is 0 Å². The number of thiophene rings is 1. The summed E-state index contributed by atoms with van der Waals surface area (Å²) in [5.74, 6) is 0.250. The van der Waals surface area contributed by atoms with Crippen LogP contribution < -0.4 is 4.72 Å². The van der Waals surface area contributed by atoms with E-state index in [1.807, 2.05) is 6.07 Å². The molecule has 0 aliphatic heterocycles. The fraction of sp³-hybridized carbons (Fsp3) is 0.0714. The molecule has 0 spiro atoms. The number of hydrogen-bond acceptors (Lipinski definition) is 4. The number of hydrogen-bond donors (Lipinski definition) is 1. The Morgan fingerprint density at radius 1 is 1.17 bits per heavy atom. The minimum absolute atomic E-state index is 0.216. The minimum Gasteiger partial charge on any atom is -0.266 e. The molecule has 0 aliphatic carbocycles. The van der Waals surface area contributed by atoms with Gasteiger partial charge < -0.3 is 0 Å². The molecule has 10 heteroatoms. The smallest absolute Gasteiger partial charge is 0.266 e.